The van der Waals surface area contributed by atoms with Crippen molar-refractivity contribution in [3.63, 3.8) is 0 Å². The van der Waals surface area contributed by atoms with Crippen LogP contribution in [-0.4, -0.2) is 40.3 Å². The number of benzene rings is 2. The molecule has 0 N–H and O–H groups in total. The van der Waals surface area contributed by atoms with Gasteiger partial charge in [-0.3, -0.25) is 4.79 Å². The quantitative estimate of drug-likeness (QED) is 0.584. The van der Waals surface area contributed by atoms with Gasteiger partial charge in [0.2, 0.25) is 0 Å². The third-order valence-corrected chi connectivity index (χ3v) is 5.38. The van der Waals surface area contributed by atoms with Gasteiger partial charge in [0.05, 0.1) is 30.7 Å². The Kier molecular flexibility index (Phi) is 6.01. The minimum atomic E-state index is -0.715. The third kappa shape index (κ3) is 4.12. The van der Waals surface area contributed by atoms with Crippen molar-refractivity contribution in [3.8, 4) is 23.3 Å². The lowest BCUT2D eigenvalue weighted by molar-refractivity contribution is 0.0723. The molecule has 9 heteroatoms. The highest BCUT2D eigenvalue weighted by atomic mass is 19.1. The lowest BCUT2D eigenvalue weighted by atomic mass is 10.0. The molecule has 0 fully saturated rings. The summed E-state index contributed by atoms with van der Waals surface area (Å²) in [5.74, 6) is -1.22. The number of methoxy groups -OCH3 is 1. The fraction of sp³-hybridized carbons (Fsp3) is 0.292. The normalized spacial score (nSPS) is 12.9. The van der Waals surface area contributed by atoms with Crippen LogP contribution < -0.4 is 9.47 Å². The van der Waals surface area contributed by atoms with E-state index in [0.29, 0.717) is 18.7 Å². The van der Waals surface area contributed by atoms with Crippen LogP contribution in [0.1, 0.15) is 41.0 Å². The van der Waals surface area contributed by atoms with Crippen LogP contribution >= 0.6 is 0 Å². The van der Waals surface area contributed by atoms with Gasteiger partial charge in [-0.1, -0.05) is 0 Å². The molecule has 1 aliphatic heterocycles. The molecule has 0 bridgehead atoms. The number of halogens is 2. The number of fused-ring (bicyclic) bond motifs is 1. The van der Waals surface area contributed by atoms with E-state index in [2.05, 4.69) is 5.10 Å². The van der Waals surface area contributed by atoms with E-state index < -0.39 is 11.6 Å². The first kappa shape index (κ1) is 22.3. The van der Waals surface area contributed by atoms with Gasteiger partial charge in [0, 0.05) is 31.1 Å². The number of ether oxygens (including phenoxy) is 2. The number of hydrogen-bond donors (Lipinski definition) is 0. The average Bonchev–Trinajstić information content (AvgIpc) is 3.21. The zero-order valence-electron chi connectivity index (χ0n) is 18.4. The van der Waals surface area contributed by atoms with Gasteiger partial charge in [0.25, 0.3) is 5.91 Å². The number of carbonyl (C=O) groups excluding carboxylic acids is 1. The second-order valence-corrected chi connectivity index (χ2v) is 7.90. The summed E-state index contributed by atoms with van der Waals surface area (Å²) in [6.45, 7) is 4.25. The summed E-state index contributed by atoms with van der Waals surface area (Å²) in [4.78, 5) is 15.2. The van der Waals surface area contributed by atoms with Crippen molar-refractivity contribution < 1.29 is 23.0 Å². The fourth-order valence-electron chi connectivity index (χ4n) is 3.94. The maximum atomic E-state index is 14.3. The lowest BCUT2D eigenvalue weighted by Crippen LogP contribution is -2.36. The SMILES string of the molecule is COc1c(C#N)ccc(OC(C)C)c1C(=O)N1CCc2c(cnn2-c2ccc(F)cc2F)C1. The number of nitriles is 1. The first-order valence-corrected chi connectivity index (χ1v) is 10.4. The van der Waals surface area contributed by atoms with Crippen LogP contribution in [0.25, 0.3) is 5.69 Å². The summed E-state index contributed by atoms with van der Waals surface area (Å²) < 4.78 is 40.3. The highest BCUT2D eigenvalue weighted by molar-refractivity contribution is 6.00. The van der Waals surface area contributed by atoms with Crippen molar-refractivity contribution in [3.05, 3.63) is 70.5 Å². The van der Waals surface area contributed by atoms with Gasteiger partial charge in [0.1, 0.15) is 28.9 Å². The number of aromatic nitrogens is 2. The van der Waals surface area contributed by atoms with Crippen LogP contribution in [-0.2, 0) is 13.0 Å². The Balaban J connectivity index is 1.68. The van der Waals surface area contributed by atoms with E-state index in [1.165, 1.54) is 23.9 Å². The van der Waals surface area contributed by atoms with E-state index in [4.69, 9.17) is 9.47 Å². The predicted molar refractivity (Wildman–Crippen MR) is 115 cm³/mol. The zero-order valence-corrected chi connectivity index (χ0v) is 18.4. The highest BCUT2D eigenvalue weighted by Gasteiger charge is 2.31. The lowest BCUT2D eigenvalue weighted by Gasteiger charge is -2.29. The molecule has 0 aliphatic carbocycles. The molecule has 0 radical (unpaired) electrons. The molecule has 7 nitrogen and oxygen atoms in total. The van der Waals surface area contributed by atoms with Gasteiger partial charge in [-0.15, -0.1) is 0 Å². The first-order chi connectivity index (χ1) is 15.8. The summed E-state index contributed by atoms with van der Waals surface area (Å²) in [5, 5.41) is 13.7. The van der Waals surface area contributed by atoms with Crippen LogP contribution in [0.15, 0.2) is 36.5 Å². The smallest absolute Gasteiger partial charge is 0.261 e. The Morgan fingerprint density at radius 1 is 1.24 bits per heavy atom. The Hall–Kier alpha value is -3.93. The van der Waals surface area contributed by atoms with E-state index in [0.717, 1.165) is 17.3 Å². The second-order valence-electron chi connectivity index (χ2n) is 7.90. The summed E-state index contributed by atoms with van der Waals surface area (Å²) in [6, 6.07) is 8.52. The fourth-order valence-corrected chi connectivity index (χ4v) is 3.94. The molecule has 33 heavy (non-hydrogen) atoms. The van der Waals surface area contributed by atoms with E-state index in [1.807, 2.05) is 19.9 Å². The second kappa shape index (κ2) is 8.90. The van der Waals surface area contributed by atoms with Crippen molar-refractivity contribution >= 4 is 5.91 Å². The maximum absolute atomic E-state index is 14.3. The van der Waals surface area contributed by atoms with Crippen molar-refractivity contribution in [2.75, 3.05) is 13.7 Å². The average molecular weight is 452 g/mol. The Bertz CT molecular complexity index is 1260. The third-order valence-electron chi connectivity index (χ3n) is 5.38. The molecular weight excluding hydrogens is 430 g/mol. The molecule has 0 unspecified atom stereocenters. The van der Waals surface area contributed by atoms with Gasteiger partial charge in [0.15, 0.2) is 11.6 Å². The number of hydrogen-bond acceptors (Lipinski definition) is 5. The van der Waals surface area contributed by atoms with Crippen LogP contribution in [0.4, 0.5) is 8.78 Å². The Morgan fingerprint density at radius 2 is 2.03 bits per heavy atom. The molecule has 2 aromatic carbocycles. The summed E-state index contributed by atoms with van der Waals surface area (Å²) in [6.07, 6.45) is 1.80. The Morgan fingerprint density at radius 3 is 2.70 bits per heavy atom. The van der Waals surface area contributed by atoms with Gasteiger partial charge in [-0.2, -0.15) is 10.4 Å². The van der Waals surface area contributed by atoms with Crippen molar-refractivity contribution in [2.24, 2.45) is 0 Å². The standard InChI is InChI=1S/C24H22F2N4O3/c1-14(2)33-21-7-4-15(11-27)23(32-3)22(21)24(31)29-9-8-19-16(13-29)12-28-30(19)20-6-5-17(25)10-18(20)26/h4-7,10,12,14H,8-9,13H2,1-3H3. The van der Waals surface area contributed by atoms with Gasteiger partial charge in [-0.25, -0.2) is 13.5 Å². The molecule has 0 saturated heterocycles. The molecular formula is C24H22F2N4O3. The molecule has 3 aromatic rings. The van der Waals surface area contributed by atoms with Crippen LogP contribution in [0, 0.1) is 23.0 Å². The van der Waals surface area contributed by atoms with Gasteiger partial charge < -0.3 is 14.4 Å². The topological polar surface area (TPSA) is 80.4 Å². The van der Waals surface area contributed by atoms with Gasteiger partial charge in [-0.05, 0) is 38.1 Å². The largest absolute Gasteiger partial charge is 0.494 e. The zero-order chi connectivity index (χ0) is 23.7. The molecule has 0 spiro atoms. The van der Waals surface area contributed by atoms with Gasteiger partial charge >= 0.3 is 0 Å². The molecule has 1 aromatic heterocycles. The van der Waals surface area contributed by atoms with Crippen LogP contribution in [0.2, 0.25) is 0 Å². The van der Waals surface area contributed by atoms with E-state index in [-0.39, 0.29) is 41.1 Å². The molecule has 4 rings (SSSR count). The molecule has 1 aliphatic rings. The van der Waals surface area contributed by atoms with E-state index in [9.17, 15) is 18.8 Å². The molecule has 170 valence electrons. The molecule has 0 atom stereocenters. The first-order valence-electron chi connectivity index (χ1n) is 10.4. The minimum Gasteiger partial charge on any atom is -0.494 e. The number of carbonyl (C=O) groups is 1. The molecule has 0 saturated carbocycles. The van der Waals surface area contributed by atoms with Crippen molar-refractivity contribution in [1.82, 2.24) is 14.7 Å². The van der Waals surface area contributed by atoms with E-state index in [1.54, 1.807) is 23.2 Å². The number of nitrogens with zero attached hydrogens (tertiary/aromatic N) is 4. The van der Waals surface area contributed by atoms with Crippen molar-refractivity contribution in [1.29, 1.82) is 5.26 Å². The summed E-state index contributed by atoms with van der Waals surface area (Å²) in [7, 11) is 1.40. The molecule has 2 heterocycles. The minimum absolute atomic E-state index is 0.147. The summed E-state index contributed by atoms with van der Waals surface area (Å²) in [5.41, 5.74) is 2.06. The monoisotopic (exact) mass is 452 g/mol. The molecule has 1 amide bonds. The summed E-state index contributed by atoms with van der Waals surface area (Å²) >= 11 is 0. The van der Waals surface area contributed by atoms with Crippen LogP contribution in [0.5, 0.6) is 11.5 Å². The maximum Gasteiger partial charge on any atom is 0.261 e. The van der Waals surface area contributed by atoms with E-state index >= 15 is 0 Å². The highest BCUT2D eigenvalue weighted by Crippen LogP contribution is 2.35. The number of rotatable bonds is 5. The van der Waals surface area contributed by atoms with Crippen LogP contribution in [0.3, 0.4) is 0 Å². The Labute approximate surface area is 189 Å². The number of amides is 1. The van der Waals surface area contributed by atoms with Crippen molar-refractivity contribution in [2.45, 2.75) is 32.9 Å². The predicted octanol–water partition coefficient (Wildman–Crippen LogP) is 4.02.